The van der Waals surface area contributed by atoms with Crippen molar-refractivity contribution in [3.63, 3.8) is 0 Å². The van der Waals surface area contributed by atoms with E-state index >= 15 is 0 Å². The minimum atomic E-state index is -0.500. The third-order valence-corrected chi connectivity index (χ3v) is 4.16. The van der Waals surface area contributed by atoms with Gasteiger partial charge in [0.05, 0.1) is 5.69 Å². The molecule has 7 heteroatoms. The van der Waals surface area contributed by atoms with Crippen LogP contribution in [0.25, 0.3) is 32.7 Å². The van der Waals surface area contributed by atoms with Gasteiger partial charge in [-0.05, 0) is 30.3 Å². The van der Waals surface area contributed by atoms with Gasteiger partial charge in [0.25, 0.3) is 0 Å². The van der Waals surface area contributed by atoms with E-state index in [0.717, 1.165) is 27.0 Å². The second-order valence-corrected chi connectivity index (χ2v) is 5.76. The van der Waals surface area contributed by atoms with Crippen LogP contribution in [-0.2, 0) is 0 Å². The number of nitrogens with two attached hydrogens (primary N) is 1. The van der Waals surface area contributed by atoms with Crippen LogP contribution < -0.4 is 5.73 Å². The SMILES string of the molecule is Nc1nnc(-c2ccc3[nH]cc(-c4cccc(F)n4)c3c2)s1. The van der Waals surface area contributed by atoms with Gasteiger partial charge in [0, 0.05) is 28.2 Å². The lowest BCUT2D eigenvalue weighted by molar-refractivity contribution is 0.585. The number of benzene rings is 1. The second kappa shape index (κ2) is 4.88. The minimum Gasteiger partial charge on any atom is -0.374 e. The Balaban J connectivity index is 1.90. The maximum atomic E-state index is 13.4. The highest BCUT2D eigenvalue weighted by atomic mass is 32.1. The molecule has 3 N–H and O–H groups in total. The number of aromatic amines is 1. The van der Waals surface area contributed by atoms with Gasteiger partial charge < -0.3 is 10.7 Å². The van der Waals surface area contributed by atoms with Gasteiger partial charge in [-0.2, -0.15) is 4.39 Å². The highest BCUT2D eigenvalue weighted by Gasteiger charge is 2.11. The van der Waals surface area contributed by atoms with Crippen LogP contribution in [0.15, 0.2) is 42.6 Å². The summed E-state index contributed by atoms with van der Waals surface area (Å²) in [5.41, 5.74) is 8.92. The molecular formula is C15H10FN5S. The molecule has 0 spiro atoms. The Morgan fingerprint density at radius 2 is 2.05 bits per heavy atom. The molecule has 0 bridgehead atoms. The first-order valence-electron chi connectivity index (χ1n) is 6.54. The Hall–Kier alpha value is -2.80. The number of halogens is 1. The fourth-order valence-corrected chi connectivity index (χ4v) is 2.98. The first-order valence-corrected chi connectivity index (χ1v) is 7.36. The van der Waals surface area contributed by atoms with Crippen molar-refractivity contribution in [2.75, 3.05) is 5.73 Å². The molecule has 4 aromatic rings. The number of hydrogen-bond donors (Lipinski definition) is 2. The van der Waals surface area contributed by atoms with E-state index in [2.05, 4.69) is 20.2 Å². The van der Waals surface area contributed by atoms with Gasteiger partial charge >= 0.3 is 0 Å². The predicted molar refractivity (Wildman–Crippen MR) is 84.8 cm³/mol. The molecule has 0 aliphatic carbocycles. The van der Waals surface area contributed by atoms with Gasteiger partial charge in [-0.1, -0.05) is 17.4 Å². The van der Waals surface area contributed by atoms with Gasteiger partial charge in [-0.25, -0.2) is 4.98 Å². The molecule has 4 rings (SSSR count). The van der Waals surface area contributed by atoms with E-state index in [4.69, 9.17) is 5.73 Å². The highest BCUT2D eigenvalue weighted by Crippen LogP contribution is 2.32. The van der Waals surface area contributed by atoms with Crippen LogP contribution in [0.4, 0.5) is 9.52 Å². The number of pyridine rings is 1. The van der Waals surface area contributed by atoms with Gasteiger partial charge in [0.1, 0.15) is 5.01 Å². The maximum absolute atomic E-state index is 13.4. The van der Waals surface area contributed by atoms with Crippen molar-refractivity contribution < 1.29 is 4.39 Å². The molecule has 1 aromatic carbocycles. The molecule has 0 unspecified atom stereocenters. The topological polar surface area (TPSA) is 80.5 Å². The number of anilines is 1. The van der Waals surface area contributed by atoms with E-state index in [1.807, 2.05) is 24.4 Å². The van der Waals surface area contributed by atoms with Crippen molar-refractivity contribution in [2.24, 2.45) is 0 Å². The average molecular weight is 311 g/mol. The van der Waals surface area contributed by atoms with Crippen molar-refractivity contribution >= 4 is 27.4 Å². The van der Waals surface area contributed by atoms with Crippen LogP contribution in [0.5, 0.6) is 0 Å². The van der Waals surface area contributed by atoms with Crippen molar-refractivity contribution in [3.05, 3.63) is 48.5 Å². The van der Waals surface area contributed by atoms with E-state index < -0.39 is 5.95 Å². The zero-order valence-electron chi connectivity index (χ0n) is 11.2. The monoisotopic (exact) mass is 311 g/mol. The van der Waals surface area contributed by atoms with Crippen molar-refractivity contribution in [3.8, 4) is 21.8 Å². The van der Waals surface area contributed by atoms with E-state index in [1.54, 1.807) is 12.1 Å². The molecule has 0 atom stereocenters. The summed E-state index contributed by atoms with van der Waals surface area (Å²) in [7, 11) is 0. The van der Waals surface area contributed by atoms with Crippen LogP contribution in [0.1, 0.15) is 0 Å². The van der Waals surface area contributed by atoms with Crippen molar-refractivity contribution in [1.29, 1.82) is 0 Å². The average Bonchev–Trinajstić information content (AvgIpc) is 3.12. The highest BCUT2D eigenvalue weighted by molar-refractivity contribution is 7.18. The summed E-state index contributed by atoms with van der Waals surface area (Å²) in [6, 6.07) is 10.6. The maximum Gasteiger partial charge on any atom is 0.213 e. The van der Waals surface area contributed by atoms with Crippen LogP contribution >= 0.6 is 11.3 Å². The number of rotatable bonds is 2. The largest absolute Gasteiger partial charge is 0.374 e. The fraction of sp³-hybridized carbons (Fsp3) is 0. The molecule has 5 nitrogen and oxygen atoms in total. The van der Waals surface area contributed by atoms with Crippen LogP contribution in [0, 0.1) is 5.95 Å². The normalized spacial score (nSPS) is 11.1. The molecule has 108 valence electrons. The Labute approximate surface area is 128 Å². The molecule has 0 saturated heterocycles. The summed E-state index contributed by atoms with van der Waals surface area (Å²) < 4.78 is 13.4. The van der Waals surface area contributed by atoms with Crippen molar-refractivity contribution in [1.82, 2.24) is 20.2 Å². The zero-order chi connectivity index (χ0) is 15.1. The first kappa shape index (κ1) is 12.9. The van der Waals surface area contributed by atoms with Gasteiger partial charge in [0.2, 0.25) is 11.1 Å². The molecular weight excluding hydrogens is 301 g/mol. The van der Waals surface area contributed by atoms with E-state index in [-0.39, 0.29) is 0 Å². The molecule has 0 aliphatic rings. The lowest BCUT2D eigenvalue weighted by atomic mass is 10.1. The molecule has 3 heterocycles. The summed E-state index contributed by atoms with van der Waals surface area (Å²) in [6.45, 7) is 0. The minimum absolute atomic E-state index is 0.427. The summed E-state index contributed by atoms with van der Waals surface area (Å²) in [4.78, 5) is 7.11. The van der Waals surface area contributed by atoms with Crippen molar-refractivity contribution in [2.45, 2.75) is 0 Å². The number of hydrogen-bond acceptors (Lipinski definition) is 5. The fourth-order valence-electron chi connectivity index (χ4n) is 2.38. The Bertz CT molecular complexity index is 975. The molecule has 0 fully saturated rings. The predicted octanol–water partition coefficient (Wildman–Crippen LogP) is 3.47. The number of nitrogens with one attached hydrogen (secondary N) is 1. The molecule has 0 radical (unpaired) electrons. The molecule has 0 amide bonds. The van der Waals surface area contributed by atoms with Crippen LogP contribution in [0.2, 0.25) is 0 Å². The molecule has 0 aliphatic heterocycles. The molecule has 0 saturated carbocycles. The summed E-state index contributed by atoms with van der Waals surface area (Å²) in [5, 5.41) is 10.0. The zero-order valence-corrected chi connectivity index (χ0v) is 12.1. The molecule has 22 heavy (non-hydrogen) atoms. The Morgan fingerprint density at radius 3 is 2.82 bits per heavy atom. The van der Waals surface area contributed by atoms with Gasteiger partial charge in [-0.15, -0.1) is 10.2 Å². The number of nitrogens with zero attached hydrogens (tertiary/aromatic N) is 3. The van der Waals surface area contributed by atoms with Gasteiger partial charge in [0.15, 0.2) is 0 Å². The summed E-state index contributed by atoms with van der Waals surface area (Å²) in [5.74, 6) is -0.500. The van der Waals surface area contributed by atoms with E-state index in [1.165, 1.54) is 17.4 Å². The number of fused-ring (bicyclic) bond motifs is 1. The van der Waals surface area contributed by atoms with Gasteiger partial charge in [-0.3, -0.25) is 0 Å². The Morgan fingerprint density at radius 1 is 1.14 bits per heavy atom. The number of nitrogen functional groups attached to an aromatic ring is 1. The smallest absolute Gasteiger partial charge is 0.213 e. The third-order valence-electron chi connectivity index (χ3n) is 3.36. The van der Waals surface area contributed by atoms with E-state index in [0.29, 0.717) is 10.8 Å². The third kappa shape index (κ3) is 2.11. The van der Waals surface area contributed by atoms with E-state index in [9.17, 15) is 4.39 Å². The molecule has 3 aromatic heterocycles. The Kier molecular flexibility index (Phi) is 2.87. The lowest BCUT2D eigenvalue weighted by Gasteiger charge is -2.01. The quantitative estimate of drug-likeness (QED) is 0.555. The second-order valence-electron chi connectivity index (χ2n) is 4.75. The lowest BCUT2D eigenvalue weighted by Crippen LogP contribution is -1.86. The summed E-state index contributed by atoms with van der Waals surface area (Å²) in [6.07, 6.45) is 1.82. The van der Waals surface area contributed by atoms with Crippen LogP contribution in [-0.4, -0.2) is 20.2 Å². The first-order chi connectivity index (χ1) is 10.7. The standard InChI is InChI=1S/C15H10FN5S/c16-13-3-1-2-12(19-13)10-7-18-11-5-4-8(6-9(10)11)14-20-21-15(17)22-14/h1-7,18H,(H2,17,21). The summed E-state index contributed by atoms with van der Waals surface area (Å²) >= 11 is 1.33. The van der Waals surface area contributed by atoms with Crippen LogP contribution in [0.3, 0.4) is 0 Å². The number of aromatic nitrogens is 4. The number of H-pyrrole nitrogens is 1.